The number of likely N-dealkylation sites (tertiary alicyclic amines) is 1. The van der Waals surface area contributed by atoms with Crippen LogP contribution in [0.15, 0.2) is 65.6 Å². The Morgan fingerprint density at radius 3 is 2.77 bits per heavy atom. The SMILES string of the molecule is O=C(O)c1cccc(SCCN2C(=O)CCC2/C=C/[C@@H](O)Cc2ccc(F)cc2)c1. The van der Waals surface area contributed by atoms with Crippen molar-refractivity contribution in [2.45, 2.75) is 36.3 Å². The van der Waals surface area contributed by atoms with Crippen molar-refractivity contribution < 1.29 is 24.2 Å². The molecule has 0 aliphatic carbocycles. The molecule has 0 saturated carbocycles. The van der Waals surface area contributed by atoms with Crippen molar-refractivity contribution in [1.82, 2.24) is 4.90 Å². The van der Waals surface area contributed by atoms with Crippen LogP contribution in [-0.4, -0.2) is 51.4 Å². The second kappa shape index (κ2) is 10.4. The van der Waals surface area contributed by atoms with Crippen LogP contribution in [0.4, 0.5) is 4.39 Å². The van der Waals surface area contributed by atoms with Gasteiger partial charge in [-0.3, -0.25) is 4.79 Å². The summed E-state index contributed by atoms with van der Waals surface area (Å²) in [6, 6.07) is 12.7. The summed E-state index contributed by atoms with van der Waals surface area (Å²) in [4.78, 5) is 26.0. The molecule has 7 heteroatoms. The number of aliphatic hydroxyl groups excluding tert-OH is 1. The Kier molecular flexibility index (Phi) is 7.65. The second-order valence-corrected chi connectivity index (χ2v) is 8.33. The van der Waals surface area contributed by atoms with Gasteiger partial charge in [0.05, 0.1) is 17.7 Å². The van der Waals surface area contributed by atoms with E-state index >= 15 is 0 Å². The average molecular weight is 430 g/mol. The van der Waals surface area contributed by atoms with E-state index in [0.29, 0.717) is 31.6 Å². The zero-order valence-corrected chi connectivity index (χ0v) is 17.2. The van der Waals surface area contributed by atoms with Crippen molar-refractivity contribution in [2.75, 3.05) is 12.3 Å². The molecule has 30 heavy (non-hydrogen) atoms. The topological polar surface area (TPSA) is 77.8 Å². The molecular weight excluding hydrogens is 405 g/mol. The molecule has 0 bridgehead atoms. The molecule has 0 aromatic heterocycles. The highest BCUT2D eigenvalue weighted by Crippen LogP contribution is 2.24. The largest absolute Gasteiger partial charge is 0.478 e. The van der Waals surface area contributed by atoms with Crippen LogP contribution >= 0.6 is 11.8 Å². The van der Waals surface area contributed by atoms with Crippen LogP contribution in [0.3, 0.4) is 0 Å². The van der Waals surface area contributed by atoms with Gasteiger partial charge in [0.25, 0.3) is 0 Å². The number of carboxylic acid groups (broad SMARTS) is 1. The van der Waals surface area contributed by atoms with Crippen molar-refractivity contribution in [3.8, 4) is 0 Å². The molecular formula is C23H24FNO4S. The monoisotopic (exact) mass is 429 g/mol. The van der Waals surface area contributed by atoms with Crippen LogP contribution in [0.5, 0.6) is 0 Å². The quantitative estimate of drug-likeness (QED) is 0.469. The number of nitrogens with zero attached hydrogens (tertiary/aromatic N) is 1. The smallest absolute Gasteiger partial charge is 0.335 e. The lowest BCUT2D eigenvalue weighted by atomic mass is 10.1. The number of carbonyl (C=O) groups is 2. The van der Waals surface area contributed by atoms with E-state index < -0.39 is 12.1 Å². The zero-order chi connectivity index (χ0) is 21.5. The molecule has 2 aromatic rings. The van der Waals surface area contributed by atoms with Crippen LogP contribution in [0.25, 0.3) is 0 Å². The molecule has 0 spiro atoms. The van der Waals surface area contributed by atoms with E-state index in [0.717, 1.165) is 10.5 Å². The summed E-state index contributed by atoms with van der Waals surface area (Å²) in [6.45, 7) is 0.545. The van der Waals surface area contributed by atoms with Gasteiger partial charge >= 0.3 is 5.97 Å². The van der Waals surface area contributed by atoms with E-state index in [2.05, 4.69) is 0 Å². The van der Waals surface area contributed by atoms with Gasteiger partial charge in [0.15, 0.2) is 0 Å². The third kappa shape index (κ3) is 6.18. The van der Waals surface area contributed by atoms with Gasteiger partial charge in [0.2, 0.25) is 5.91 Å². The third-order valence-corrected chi connectivity index (χ3v) is 5.94. The summed E-state index contributed by atoms with van der Waals surface area (Å²) in [5.41, 5.74) is 1.08. The third-order valence-electron chi connectivity index (χ3n) is 4.97. The van der Waals surface area contributed by atoms with Crippen molar-refractivity contribution >= 4 is 23.6 Å². The average Bonchev–Trinajstić information content (AvgIpc) is 3.08. The second-order valence-electron chi connectivity index (χ2n) is 7.16. The Balaban J connectivity index is 1.52. The number of hydrogen-bond donors (Lipinski definition) is 2. The maximum absolute atomic E-state index is 13.0. The molecule has 1 unspecified atom stereocenters. The number of aliphatic hydroxyl groups is 1. The molecule has 158 valence electrons. The Bertz CT molecular complexity index is 916. The molecule has 1 saturated heterocycles. The van der Waals surface area contributed by atoms with Crippen molar-refractivity contribution in [1.29, 1.82) is 0 Å². The molecule has 1 aliphatic heterocycles. The normalized spacial score (nSPS) is 17.6. The maximum atomic E-state index is 13.0. The fourth-order valence-electron chi connectivity index (χ4n) is 3.41. The highest BCUT2D eigenvalue weighted by atomic mass is 32.2. The number of amides is 1. The lowest BCUT2D eigenvalue weighted by Crippen LogP contribution is -2.33. The summed E-state index contributed by atoms with van der Waals surface area (Å²) in [7, 11) is 0. The first-order valence-electron chi connectivity index (χ1n) is 9.79. The molecule has 1 aliphatic rings. The van der Waals surface area contributed by atoms with E-state index in [-0.39, 0.29) is 23.3 Å². The number of thioether (sulfide) groups is 1. The van der Waals surface area contributed by atoms with Gasteiger partial charge in [-0.2, -0.15) is 0 Å². The molecule has 1 heterocycles. The lowest BCUT2D eigenvalue weighted by Gasteiger charge is -2.22. The number of carbonyl (C=O) groups excluding carboxylic acids is 1. The van der Waals surface area contributed by atoms with Crippen molar-refractivity contribution in [3.05, 3.63) is 77.6 Å². The number of hydrogen-bond acceptors (Lipinski definition) is 4. The van der Waals surface area contributed by atoms with Gasteiger partial charge in [-0.25, -0.2) is 9.18 Å². The molecule has 0 radical (unpaired) electrons. The Morgan fingerprint density at radius 2 is 2.03 bits per heavy atom. The van der Waals surface area contributed by atoms with Crippen LogP contribution in [-0.2, 0) is 11.2 Å². The summed E-state index contributed by atoms with van der Waals surface area (Å²) in [5, 5.41) is 19.3. The van der Waals surface area contributed by atoms with Crippen LogP contribution < -0.4 is 0 Å². The van der Waals surface area contributed by atoms with Crippen molar-refractivity contribution in [3.63, 3.8) is 0 Å². The lowest BCUT2D eigenvalue weighted by molar-refractivity contribution is -0.128. The Labute approximate surface area is 179 Å². The van der Waals surface area contributed by atoms with E-state index in [1.165, 1.54) is 23.9 Å². The number of rotatable bonds is 9. The Morgan fingerprint density at radius 1 is 1.27 bits per heavy atom. The predicted octanol–water partition coefficient (Wildman–Crippen LogP) is 3.77. The zero-order valence-electron chi connectivity index (χ0n) is 16.4. The first-order valence-corrected chi connectivity index (χ1v) is 10.8. The number of carboxylic acids is 1. The Hall–Kier alpha value is -2.64. The first-order chi connectivity index (χ1) is 14.4. The molecule has 2 aromatic carbocycles. The van der Waals surface area contributed by atoms with Gasteiger partial charge in [-0.1, -0.05) is 30.4 Å². The van der Waals surface area contributed by atoms with Crippen LogP contribution in [0.2, 0.25) is 0 Å². The van der Waals surface area contributed by atoms with Gasteiger partial charge in [0, 0.05) is 30.0 Å². The highest BCUT2D eigenvalue weighted by molar-refractivity contribution is 7.99. The predicted molar refractivity (Wildman–Crippen MR) is 114 cm³/mol. The van der Waals surface area contributed by atoms with E-state index in [9.17, 15) is 19.1 Å². The number of aromatic carboxylic acids is 1. The summed E-state index contributed by atoms with van der Waals surface area (Å²) in [6.07, 6.45) is 4.42. The molecule has 1 fully saturated rings. The van der Waals surface area contributed by atoms with E-state index in [4.69, 9.17) is 5.11 Å². The minimum atomic E-state index is -0.962. The van der Waals surface area contributed by atoms with Crippen LogP contribution in [0, 0.1) is 5.82 Å². The fraction of sp³-hybridized carbons (Fsp3) is 0.304. The number of halogens is 1. The van der Waals surface area contributed by atoms with Crippen molar-refractivity contribution in [2.24, 2.45) is 0 Å². The molecule has 1 amide bonds. The maximum Gasteiger partial charge on any atom is 0.335 e. The van der Waals surface area contributed by atoms with Gasteiger partial charge in [0.1, 0.15) is 5.82 Å². The summed E-state index contributed by atoms with van der Waals surface area (Å²) < 4.78 is 13.0. The first kappa shape index (κ1) is 22.1. The minimum absolute atomic E-state index is 0.0636. The number of benzene rings is 2. The van der Waals surface area contributed by atoms with Crippen LogP contribution in [0.1, 0.15) is 28.8 Å². The highest BCUT2D eigenvalue weighted by Gasteiger charge is 2.28. The molecule has 5 nitrogen and oxygen atoms in total. The minimum Gasteiger partial charge on any atom is -0.478 e. The molecule has 2 N–H and O–H groups in total. The van der Waals surface area contributed by atoms with E-state index in [1.54, 1.807) is 41.3 Å². The molecule has 2 atom stereocenters. The van der Waals surface area contributed by atoms with Gasteiger partial charge in [-0.05, 0) is 42.3 Å². The van der Waals surface area contributed by atoms with Gasteiger partial charge in [-0.15, -0.1) is 11.8 Å². The fourth-order valence-corrected chi connectivity index (χ4v) is 4.32. The summed E-state index contributed by atoms with van der Waals surface area (Å²) in [5.74, 6) is -0.539. The van der Waals surface area contributed by atoms with Gasteiger partial charge < -0.3 is 15.1 Å². The standard InChI is InChI=1S/C23H24FNO4S/c24-18-6-4-16(5-7-18)14-20(26)10-8-19-9-11-22(27)25(19)12-13-30-21-3-1-2-17(15-21)23(28)29/h1-8,10,15,19-20,26H,9,11-14H2,(H,28,29)/b10-8+/t19?,20-/m1/s1. The van der Waals surface area contributed by atoms with E-state index in [1.807, 2.05) is 12.1 Å². The summed E-state index contributed by atoms with van der Waals surface area (Å²) >= 11 is 1.51. The molecule has 3 rings (SSSR count).